The summed E-state index contributed by atoms with van der Waals surface area (Å²) in [5.41, 5.74) is 4.91. The first-order chi connectivity index (χ1) is 20.9. The molecule has 44 heavy (non-hydrogen) atoms. The summed E-state index contributed by atoms with van der Waals surface area (Å²) >= 11 is 0. The molecule has 0 spiro atoms. The van der Waals surface area contributed by atoms with Gasteiger partial charge in [0.05, 0.1) is 27.6 Å². The number of pyridine rings is 1. The number of hydrogen-bond donors (Lipinski definition) is 0. The maximum absolute atomic E-state index is 6.58. The largest absolute Gasteiger partial charge is 0.457 e. The van der Waals surface area contributed by atoms with E-state index in [4.69, 9.17) is 19.7 Å². The van der Waals surface area contributed by atoms with Gasteiger partial charge in [-0.3, -0.25) is 9.13 Å². The lowest BCUT2D eigenvalue weighted by atomic mass is 9.72. The van der Waals surface area contributed by atoms with E-state index in [-0.39, 0.29) is 16.4 Å². The fraction of sp³-hybridized carbons (Fsp3) is 0.270. The van der Waals surface area contributed by atoms with Crippen molar-refractivity contribution in [2.24, 2.45) is 0 Å². The molecule has 0 saturated carbocycles. The molecule has 0 radical (unpaired) electrons. The summed E-state index contributed by atoms with van der Waals surface area (Å²) < 4.78 is 13.3. The van der Waals surface area contributed by atoms with Crippen LogP contribution in [0.3, 0.4) is 0 Å². The molecule has 0 aliphatic carbocycles. The van der Waals surface area contributed by atoms with Crippen molar-refractivity contribution in [2.75, 3.05) is 0 Å². The molecule has 1 aliphatic rings. The number of ether oxygens (including phenoxy) is 1. The molecule has 3 aromatic carbocycles. The zero-order chi connectivity index (χ0) is 30.6. The molecule has 0 bridgehead atoms. The van der Waals surface area contributed by atoms with Crippen LogP contribution in [-0.4, -0.2) is 28.7 Å². The van der Waals surface area contributed by atoms with Crippen LogP contribution < -0.4 is 4.74 Å². The Kier molecular flexibility index (Phi) is 5.35. The van der Waals surface area contributed by atoms with Gasteiger partial charge in [-0.05, 0) is 67.3 Å². The van der Waals surface area contributed by atoms with Crippen molar-refractivity contribution >= 4 is 32.8 Å². The van der Waals surface area contributed by atoms with Gasteiger partial charge < -0.3 is 9.30 Å². The maximum atomic E-state index is 6.58. The number of aromatic nitrogens is 6. The van der Waals surface area contributed by atoms with Crippen LogP contribution in [0.15, 0.2) is 91.4 Å². The molecule has 0 atom stereocenters. The Bertz CT molecular complexity index is 2260. The Balaban J connectivity index is 1.26. The number of para-hydroxylation sites is 1. The van der Waals surface area contributed by atoms with E-state index >= 15 is 0 Å². The average molecular weight is 581 g/mol. The van der Waals surface area contributed by atoms with E-state index in [1.807, 2.05) is 30.6 Å². The monoisotopic (exact) mass is 580 g/mol. The van der Waals surface area contributed by atoms with Gasteiger partial charge in [-0.2, -0.15) is 0 Å². The summed E-state index contributed by atoms with van der Waals surface area (Å²) in [5.74, 6) is 4.28. The standard InChI is InChI=1S/C37H36N6O/c1-35(2,3)23-16-17-38-32(20-23)42-29-11-9-8-10-26(29)27-14-12-24(21-30(27)42)44-25-13-15-28-31(22-25)43-33(40-28)36(4,5)37(6,7)41-19-18-39-34(41)43/h8-22H,1-7H3. The molecule has 0 unspecified atom stereocenters. The Morgan fingerprint density at radius 3 is 2.23 bits per heavy atom. The molecule has 0 fully saturated rings. The highest BCUT2D eigenvalue weighted by Gasteiger charge is 2.48. The molecule has 220 valence electrons. The highest BCUT2D eigenvalue weighted by Crippen LogP contribution is 2.46. The Morgan fingerprint density at radius 2 is 1.43 bits per heavy atom. The smallest absolute Gasteiger partial charge is 0.216 e. The van der Waals surface area contributed by atoms with Crippen LogP contribution in [0.25, 0.3) is 44.6 Å². The van der Waals surface area contributed by atoms with Crippen molar-refractivity contribution < 1.29 is 4.74 Å². The first-order valence-corrected chi connectivity index (χ1v) is 15.2. The molecule has 0 N–H and O–H groups in total. The molecule has 7 aromatic rings. The van der Waals surface area contributed by atoms with E-state index in [1.165, 1.54) is 10.9 Å². The summed E-state index contributed by atoms with van der Waals surface area (Å²) in [4.78, 5) is 14.7. The van der Waals surface area contributed by atoms with E-state index in [1.54, 1.807) is 0 Å². The van der Waals surface area contributed by atoms with Crippen LogP contribution in [0.4, 0.5) is 0 Å². The molecule has 7 nitrogen and oxygen atoms in total. The number of hydrogen-bond acceptors (Lipinski definition) is 4. The summed E-state index contributed by atoms with van der Waals surface area (Å²) in [7, 11) is 0. The normalized spacial score (nSPS) is 15.5. The van der Waals surface area contributed by atoms with E-state index < -0.39 is 0 Å². The van der Waals surface area contributed by atoms with E-state index in [0.717, 1.165) is 56.5 Å². The van der Waals surface area contributed by atoms with Gasteiger partial charge in [0.25, 0.3) is 0 Å². The molecule has 7 heteroatoms. The molecular formula is C37H36N6O. The number of benzene rings is 3. The van der Waals surface area contributed by atoms with E-state index in [2.05, 4.69) is 123 Å². The Labute approximate surface area is 256 Å². The van der Waals surface area contributed by atoms with Crippen molar-refractivity contribution in [3.05, 3.63) is 103 Å². The van der Waals surface area contributed by atoms with Crippen LogP contribution in [0, 0.1) is 0 Å². The van der Waals surface area contributed by atoms with Gasteiger partial charge in [0.1, 0.15) is 23.1 Å². The summed E-state index contributed by atoms with van der Waals surface area (Å²) in [6, 6.07) is 25.2. The summed E-state index contributed by atoms with van der Waals surface area (Å²) in [5, 5.41) is 2.35. The van der Waals surface area contributed by atoms with Crippen LogP contribution >= 0.6 is 0 Å². The second-order valence-electron chi connectivity index (χ2n) is 14.0. The van der Waals surface area contributed by atoms with Gasteiger partial charge in [-0.1, -0.05) is 52.8 Å². The molecule has 1 aliphatic heterocycles. The topological polar surface area (TPSA) is 62.7 Å². The minimum Gasteiger partial charge on any atom is -0.457 e. The van der Waals surface area contributed by atoms with Crippen LogP contribution in [0.2, 0.25) is 0 Å². The fourth-order valence-electron chi connectivity index (χ4n) is 6.62. The first-order valence-electron chi connectivity index (χ1n) is 15.2. The summed E-state index contributed by atoms with van der Waals surface area (Å²) in [6.07, 6.45) is 5.84. The maximum Gasteiger partial charge on any atom is 0.216 e. The number of fused-ring (bicyclic) bond motifs is 8. The first kappa shape index (κ1) is 26.7. The van der Waals surface area contributed by atoms with Crippen LogP contribution in [0.1, 0.15) is 59.9 Å². The van der Waals surface area contributed by atoms with Crippen molar-refractivity contribution in [3.8, 4) is 23.3 Å². The molecule has 4 aromatic heterocycles. The lowest BCUT2D eigenvalue weighted by Crippen LogP contribution is -2.50. The van der Waals surface area contributed by atoms with E-state index in [0.29, 0.717) is 0 Å². The predicted octanol–water partition coefficient (Wildman–Crippen LogP) is 8.83. The van der Waals surface area contributed by atoms with Gasteiger partial charge in [-0.15, -0.1) is 0 Å². The minimum absolute atomic E-state index is 0.0123. The molecule has 0 saturated heterocycles. The predicted molar refractivity (Wildman–Crippen MR) is 177 cm³/mol. The third-order valence-electron chi connectivity index (χ3n) is 9.86. The highest BCUT2D eigenvalue weighted by molar-refractivity contribution is 6.09. The highest BCUT2D eigenvalue weighted by atomic mass is 16.5. The average Bonchev–Trinajstić information content (AvgIpc) is 3.70. The molecular weight excluding hydrogens is 544 g/mol. The van der Waals surface area contributed by atoms with Gasteiger partial charge in [0.2, 0.25) is 5.95 Å². The zero-order valence-electron chi connectivity index (χ0n) is 26.3. The third-order valence-corrected chi connectivity index (χ3v) is 9.86. The SMILES string of the molecule is CC(C)(C)c1ccnc(-n2c3ccccc3c3ccc(Oc4ccc5nc6n(c5c4)-c4nccn4C(C)(C)C6(C)C)cc32)c1. The Morgan fingerprint density at radius 1 is 0.705 bits per heavy atom. The second kappa shape index (κ2) is 8.82. The molecule has 5 heterocycles. The van der Waals surface area contributed by atoms with Gasteiger partial charge >= 0.3 is 0 Å². The summed E-state index contributed by atoms with van der Waals surface area (Å²) in [6.45, 7) is 15.7. The number of imidazole rings is 2. The van der Waals surface area contributed by atoms with Gasteiger partial charge in [-0.25, -0.2) is 15.0 Å². The lowest BCUT2D eigenvalue weighted by Gasteiger charge is -2.46. The van der Waals surface area contributed by atoms with E-state index in [9.17, 15) is 0 Å². The number of nitrogens with zero attached hydrogens (tertiary/aromatic N) is 6. The molecule has 0 amide bonds. The van der Waals surface area contributed by atoms with Crippen molar-refractivity contribution in [1.82, 2.24) is 28.7 Å². The number of rotatable bonds is 3. The van der Waals surface area contributed by atoms with Crippen molar-refractivity contribution in [3.63, 3.8) is 0 Å². The minimum atomic E-state index is -0.225. The van der Waals surface area contributed by atoms with Crippen LogP contribution in [0.5, 0.6) is 11.5 Å². The quantitative estimate of drug-likeness (QED) is 0.209. The van der Waals surface area contributed by atoms with Crippen LogP contribution in [-0.2, 0) is 16.4 Å². The zero-order valence-corrected chi connectivity index (χ0v) is 26.3. The lowest BCUT2D eigenvalue weighted by molar-refractivity contribution is 0.171. The van der Waals surface area contributed by atoms with Gasteiger partial charge in [0.15, 0.2) is 0 Å². The molecule has 8 rings (SSSR count). The third kappa shape index (κ3) is 3.65. The Hall–Kier alpha value is -4.91. The second-order valence-corrected chi connectivity index (χ2v) is 14.0. The van der Waals surface area contributed by atoms with Gasteiger partial charge in [0, 0.05) is 46.9 Å². The fourth-order valence-corrected chi connectivity index (χ4v) is 6.62. The van der Waals surface area contributed by atoms with Crippen molar-refractivity contribution in [2.45, 2.75) is 64.8 Å². The van der Waals surface area contributed by atoms with Crippen molar-refractivity contribution in [1.29, 1.82) is 0 Å².